The average molecular weight is 382 g/mol. The van der Waals surface area contributed by atoms with Crippen LogP contribution in [0.1, 0.15) is 10.6 Å². The fourth-order valence-corrected chi connectivity index (χ4v) is 3.53. The minimum Gasteiger partial charge on any atom is -0.422 e. The first-order valence-corrected chi connectivity index (χ1v) is 9.45. The van der Waals surface area contributed by atoms with Crippen molar-refractivity contribution in [2.24, 2.45) is 0 Å². The highest BCUT2D eigenvalue weighted by atomic mass is 32.1. The molecule has 4 nitrogen and oxygen atoms in total. The third kappa shape index (κ3) is 3.68. The number of aromatic nitrogens is 1. The molecule has 0 aliphatic rings. The van der Waals surface area contributed by atoms with Crippen molar-refractivity contribution < 1.29 is 4.42 Å². The van der Waals surface area contributed by atoms with E-state index in [1.807, 2.05) is 60.7 Å². The van der Waals surface area contributed by atoms with E-state index in [1.54, 1.807) is 23.6 Å². The van der Waals surface area contributed by atoms with Crippen LogP contribution in [0.4, 0.5) is 0 Å². The van der Waals surface area contributed by atoms with E-state index in [2.05, 4.69) is 11.1 Å². The van der Waals surface area contributed by atoms with Gasteiger partial charge < -0.3 is 4.42 Å². The zero-order valence-corrected chi connectivity index (χ0v) is 15.5. The van der Waals surface area contributed by atoms with Crippen LogP contribution in [0.15, 0.2) is 87.4 Å². The molecule has 28 heavy (non-hydrogen) atoms. The molecule has 0 aliphatic carbocycles. The number of hydrogen-bond donors (Lipinski definition) is 0. The molecule has 0 fully saturated rings. The summed E-state index contributed by atoms with van der Waals surface area (Å²) < 4.78 is 5.38. The second-order valence-corrected chi connectivity index (χ2v) is 6.84. The molecule has 0 spiro atoms. The predicted molar refractivity (Wildman–Crippen MR) is 113 cm³/mol. The van der Waals surface area contributed by atoms with E-state index < -0.39 is 5.63 Å². The monoisotopic (exact) mass is 382 g/mol. The summed E-state index contributed by atoms with van der Waals surface area (Å²) in [5, 5.41) is 12.6. The van der Waals surface area contributed by atoms with Gasteiger partial charge in [-0.3, -0.25) is 0 Å². The van der Waals surface area contributed by atoms with Crippen LogP contribution in [0, 0.1) is 11.3 Å². The van der Waals surface area contributed by atoms with Crippen LogP contribution in [-0.4, -0.2) is 4.98 Å². The molecule has 0 saturated carbocycles. The smallest absolute Gasteiger partial charge is 0.345 e. The molecular formula is C23H14N2O2S. The van der Waals surface area contributed by atoms with Crippen LogP contribution in [0.5, 0.6) is 0 Å². The molecule has 0 unspecified atom stereocenters. The van der Waals surface area contributed by atoms with Gasteiger partial charge in [0.25, 0.3) is 0 Å². The number of nitrogens with zero attached hydrogens (tertiary/aromatic N) is 2. The number of rotatable bonds is 4. The fraction of sp³-hybridized carbons (Fsp3) is 0. The van der Waals surface area contributed by atoms with E-state index in [-0.39, 0.29) is 0 Å². The van der Waals surface area contributed by atoms with Gasteiger partial charge in [-0.25, -0.2) is 9.78 Å². The van der Waals surface area contributed by atoms with Gasteiger partial charge in [0, 0.05) is 10.8 Å². The lowest BCUT2D eigenvalue weighted by molar-refractivity contribution is 0.563. The van der Waals surface area contributed by atoms with E-state index in [1.165, 1.54) is 11.3 Å². The summed E-state index contributed by atoms with van der Waals surface area (Å²) in [6, 6.07) is 21.1. The Hall–Kier alpha value is -3.75. The highest BCUT2D eigenvalue weighted by Gasteiger charge is 2.13. The summed E-state index contributed by atoms with van der Waals surface area (Å²) in [5.41, 5.74) is 2.47. The number of benzene rings is 2. The zero-order valence-electron chi connectivity index (χ0n) is 14.7. The predicted octanol–water partition coefficient (Wildman–Crippen LogP) is 5.54. The van der Waals surface area contributed by atoms with Crippen LogP contribution in [0.25, 0.3) is 33.9 Å². The molecule has 134 valence electrons. The highest BCUT2D eigenvalue weighted by molar-refractivity contribution is 7.11. The standard InChI is InChI=1S/C23H14N2O2S/c24-14-18(11-6-9-16-7-2-1-3-8-16)22-25-20(15-28-22)19-13-17-10-4-5-12-21(17)27-23(19)26/h1-13,15H/b9-6-,18-11+. The van der Waals surface area contributed by atoms with Crippen LogP contribution in [0.3, 0.4) is 0 Å². The first kappa shape index (κ1) is 17.7. The SMILES string of the molecule is N#C/C(=C\C=C/c1ccccc1)c1nc(-c2cc3ccccc3oc2=O)cs1. The van der Waals surface area contributed by atoms with E-state index >= 15 is 0 Å². The lowest BCUT2D eigenvalue weighted by atomic mass is 10.1. The molecule has 2 aromatic heterocycles. The van der Waals surface area contributed by atoms with Gasteiger partial charge in [0.05, 0.1) is 16.8 Å². The number of thiazole rings is 1. The van der Waals surface area contributed by atoms with Gasteiger partial charge in [-0.2, -0.15) is 5.26 Å². The Morgan fingerprint density at radius 1 is 1.11 bits per heavy atom. The molecular weight excluding hydrogens is 368 g/mol. The van der Waals surface area contributed by atoms with Gasteiger partial charge >= 0.3 is 5.63 Å². The largest absolute Gasteiger partial charge is 0.422 e. The minimum atomic E-state index is -0.443. The van der Waals surface area contributed by atoms with Gasteiger partial charge in [-0.15, -0.1) is 11.3 Å². The topological polar surface area (TPSA) is 66.9 Å². The molecule has 5 heteroatoms. The second kappa shape index (κ2) is 7.87. The Morgan fingerprint density at radius 3 is 2.71 bits per heavy atom. The zero-order chi connectivity index (χ0) is 19.3. The summed E-state index contributed by atoms with van der Waals surface area (Å²) in [7, 11) is 0. The summed E-state index contributed by atoms with van der Waals surface area (Å²) in [6.07, 6.45) is 5.46. The van der Waals surface area contributed by atoms with Crippen LogP contribution in [-0.2, 0) is 0 Å². The molecule has 0 bridgehead atoms. The molecule has 0 amide bonds. The Kier molecular flexibility index (Phi) is 4.96. The number of nitriles is 1. The van der Waals surface area contributed by atoms with Crippen molar-refractivity contribution in [1.82, 2.24) is 4.98 Å². The maximum Gasteiger partial charge on any atom is 0.345 e. The van der Waals surface area contributed by atoms with Gasteiger partial charge in [0.1, 0.15) is 16.7 Å². The second-order valence-electron chi connectivity index (χ2n) is 5.99. The van der Waals surface area contributed by atoms with E-state index in [4.69, 9.17) is 4.42 Å². The molecule has 2 aromatic carbocycles. The van der Waals surface area contributed by atoms with E-state index in [0.717, 1.165) is 10.9 Å². The fourth-order valence-electron chi connectivity index (χ4n) is 2.74. The lowest BCUT2D eigenvalue weighted by Gasteiger charge is -1.99. The Bertz CT molecular complexity index is 1290. The Balaban J connectivity index is 1.66. The van der Waals surface area contributed by atoms with Crippen molar-refractivity contribution in [3.8, 4) is 17.3 Å². The number of hydrogen-bond acceptors (Lipinski definition) is 5. The number of para-hydroxylation sites is 1. The van der Waals surface area contributed by atoms with Gasteiger partial charge in [0.15, 0.2) is 0 Å². The van der Waals surface area contributed by atoms with Gasteiger partial charge in [-0.1, -0.05) is 60.7 Å². The van der Waals surface area contributed by atoms with Crippen molar-refractivity contribution in [2.75, 3.05) is 0 Å². The van der Waals surface area contributed by atoms with Crippen LogP contribution < -0.4 is 5.63 Å². The molecule has 4 aromatic rings. The van der Waals surface area contributed by atoms with Crippen molar-refractivity contribution in [3.05, 3.63) is 99.2 Å². The molecule has 4 rings (SSSR count). The van der Waals surface area contributed by atoms with Crippen molar-refractivity contribution >= 4 is 34.0 Å². The summed E-state index contributed by atoms with van der Waals surface area (Å²) in [6.45, 7) is 0. The molecule has 0 saturated heterocycles. The highest BCUT2D eigenvalue weighted by Crippen LogP contribution is 2.26. The molecule has 0 radical (unpaired) electrons. The van der Waals surface area contributed by atoms with Gasteiger partial charge in [-0.05, 0) is 23.8 Å². The number of fused-ring (bicyclic) bond motifs is 1. The Morgan fingerprint density at radius 2 is 1.89 bits per heavy atom. The first-order chi connectivity index (χ1) is 13.7. The third-order valence-electron chi connectivity index (χ3n) is 4.12. The van der Waals surface area contributed by atoms with Crippen molar-refractivity contribution in [1.29, 1.82) is 5.26 Å². The van der Waals surface area contributed by atoms with Crippen molar-refractivity contribution in [3.63, 3.8) is 0 Å². The third-order valence-corrected chi connectivity index (χ3v) is 5.00. The quantitative estimate of drug-likeness (QED) is 0.264. The van der Waals surface area contributed by atoms with Gasteiger partial charge in [0.2, 0.25) is 0 Å². The van der Waals surface area contributed by atoms with E-state index in [9.17, 15) is 10.1 Å². The van der Waals surface area contributed by atoms with Crippen LogP contribution in [0.2, 0.25) is 0 Å². The normalized spacial score (nSPS) is 11.8. The molecule has 0 atom stereocenters. The first-order valence-electron chi connectivity index (χ1n) is 8.57. The summed E-state index contributed by atoms with van der Waals surface area (Å²) in [4.78, 5) is 16.8. The molecule has 0 N–H and O–H groups in total. The summed E-state index contributed by atoms with van der Waals surface area (Å²) >= 11 is 1.32. The van der Waals surface area contributed by atoms with Crippen LogP contribution >= 0.6 is 11.3 Å². The van der Waals surface area contributed by atoms with Crippen molar-refractivity contribution in [2.45, 2.75) is 0 Å². The Labute approximate surface area is 165 Å². The lowest BCUT2D eigenvalue weighted by Crippen LogP contribution is -2.02. The average Bonchev–Trinajstić information content (AvgIpc) is 3.21. The van der Waals surface area contributed by atoms with E-state index in [0.29, 0.717) is 27.4 Å². The minimum absolute atomic E-state index is 0.387. The molecule has 2 heterocycles. The maximum atomic E-state index is 12.3. The summed E-state index contributed by atoms with van der Waals surface area (Å²) in [5.74, 6) is 0. The number of allylic oxidation sites excluding steroid dienone is 3. The molecule has 0 aliphatic heterocycles. The maximum absolute atomic E-state index is 12.3.